The average molecular weight is 461 g/mol. The van der Waals surface area contributed by atoms with Gasteiger partial charge in [-0.3, -0.25) is 0 Å². The molecule has 0 amide bonds. The summed E-state index contributed by atoms with van der Waals surface area (Å²) in [6, 6.07) is 0.324. The van der Waals surface area contributed by atoms with Gasteiger partial charge < -0.3 is 15.1 Å². The van der Waals surface area contributed by atoms with Crippen LogP contribution in [0, 0.1) is 6.92 Å². The molecule has 0 saturated carbocycles. The largest absolute Gasteiger partial charge is 0.383 e. The lowest BCUT2D eigenvalue weighted by Gasteiger charge is -2.42. The molecule has 1 unspecified atom stereocenters. The van der Waals surface area contributed by atoms with Gasteiger partial charge in [0.25, 0.3) is 0 Å². The Bertz CT molecular complexity index is 885. The number of aromatic nitrogens is 3. The molecule has 0 bridgehead atoms. The number of aryl methyl sites for hydroxylation is 1. The highest BCUT2D eigenvalue weighted by atomic mass is 127. The van der Waals surface area contributed by atoms with Crippen molar-refractivity contribution >= 4 is 57.0 Å². The van der Waals surface area contributed by atoms with Crippen LogP contribution < -0.4 is 15.9 Å². The average Bonchev–Trinajstić information content (AvgIpc) is 2.53. The molecule has 2 aromatic heterocycles. The lowest BCUT2D eigenvalue weighted by molar-refractivity contribution is 0.261. The molecule has 1 fully saturated rings. The molecule has 24 heavy (non-hydrogen) atoms. The van der Waals surface area contributed by atoms with Gasteiger partial charge in [0.15, 0.2) is 5.65 Å². The number of halogens is 2. The summed E-state index contributed by atoms with van der Waals surface area (Å²) in [4.78, 5) is 25.9. The predicted molar refractivity (Wildman–Crippen MR) is 105 cm³/mol. The Morgan fingerprint density at radius 2 is 2.12 bits per heavy atom. The molecule has 7 nitrogen and oxygen atoms in total. The number of rotatable bonds is 0. The number of pyridine rings is 1. The summed E-state index contributed by atoms with van der Waals surface area (Å²) in [5, 5.41) is 4.90. The van der Waals surface area contributed by atoms with E-state index in [1.54, 1.807) is 0 Å². The number of hydrogen-bond donors (Lipinski definition) is 1. The van der Waals surface area contributed by atoms with Crippen molar-refractivity contribution < 1.29 is 0 Å². The van der Waals surface area contributed by atoms with Crippen molar-refractivity contribution in [2.45, 2.75) is 19.4 Å². The minimum Gasteiger partial charge on any atom is -0.383 e. The second-order valence-electron chi connectivity index (χ2n) is 6.41. The molecular weight excluding hydrogens is 443 g/mol. The Morgan fingerprint density at radius 1 is 1.33 bits per heavy atom. The first kappa shape index (κ1) is 16.3. The van der Waals surface area contributed by atoms with Crippen molar-refractivity contribution in [3.8, 4) is 0 Å². The molecule has 1 saturated heterocycles. The Kier molecular flexibility index (Phi) is 4.08. The number of nitrogens with zero attached hydrogens (tertiary/aromatic N) is 5. The molecule has 0 aliphatic carbocycles. The SMILES string of the molecule is Cc1nc2c3c(nc(=O)n2I)N2CCN(C)CC2CCNc3c1Cl. The summed E-state index contributed by atoms with van der Waals surface area (Å²) in [6.07, 6.45) is 0.970. The summed E-state index contributed by atoms with van der Waals surface area (Å²) >= 11 is 8.48. The van der Waals surface area contributed by atoms with Gasteiger partial charge in [0.2, 0.25) is 0 Å². The zero-order chi connectivity index (χ0) is 17.0. The molecule has 2 aliphatic heterocycles. The molecule has 128 valence electrons. The maximum absolute atomic E-state index is 12.4. The van der Waals surface area contributed by atoms with Gasteiger partial charge in [-0.25, -0.2) is 12.6 Å². The summed E-state index contributed by atoms with van der Waals surface area (Å²) in [6.45, 7) is 5.44. The number of nitrogens with one attached hydrogen (secondary N) is 1. The van der Waals surface area contributed by atoms with E-state index >= 15 is 0 Å². The second-order valence-corrected chi connectivity index (χ2v) is 7.75. The molecule has 0 spiro atoms. The van der Waals surface area contributed by atoms with Crippen LogP contribution in [-0.4, -0.2) is 56.9 Å². The lowest BCUT2D eigenvalue weighted by Crippen LogP contribution is -2.53. The van der Waals surface area contributed by atoms with Gasteiger partial charge >= 0.3 is 5.69 Å². The smallest absolute Gasteiger partial charge is 0.360 e. The maximum Gasteiger partial charge on any atom is 0.360 e. The predicted octanol–water partition coefficient (Wildman–Crippen LogP) is 1.89. The number of likely N-dealkylation sites (N-methyl/N-ethyl adjacent to an activating group) is 1. The highest BCUT2D eigenvalue weighted by molar-refractivity contribution is 14.1. The van der Waals surface area contributed by atoms with Crippen LogP contribution in [0.3, 0.4) is 0 Å². The molecule has 0 radical (unpaired) electrons. The number of piperazine rings is 1. The van der Waals surface area contributed by atoms with Crippen LogP contribution in [0.15, 0.2) is 4.79 Å². The molecule has 0 aromatic carbocycles. The zero-order valence-corrected chi connectivity index (χ0v) is 16.4. The normalized spacial score (nSPS) is 21.2. The molecule has 4 heterocycles. The fourth-order valence-corrected chi connectivity index (χ4v) is 4.24. The van der Waals surface area contributed by atoms with Crippen LogP contribution in [0.4, 0.5) is 11.5 Å². The van der Waals surface area contributed by atoms with Crippen LogP contribution in [0.2, 0.25) is 5.02 Å². The fraction of sp³-hybridized carbons (Fsp3) is 0.533. The minimum atomic E-state index is -0.295. The summed E-state index contributed by atoms with van der Waals surface area (Å²) < 4.78 is 1.47. The Morgan fingerprint density at radius 3 is 2.92 bits per heavy atom. The van der Waals surface area contributed by atoms with Gasteiger partial charge in [0, 0.05) is 32.2 Å². The van der Waals surface area contributed by atoms with E-state index in [-0.39, 0.29) is 5.69 Å². The van der Waals surface area contributed by atoms with Crippen LogP contribution in [0.25, 0.3) is 11.0 Å². The van der Waals surface area contributed by atoms with Gasteiger partial charge in [0.05, 0.1) is 44.7 Å². The first-order chi connectivity index (χ1) is 11.5. The first-order valence-corrected chi connectivity index (χ1v) is 9.29. The first-order valence-electron chi connectivity index (χ1n) is 7.95. The van der Waals surface area contributed by atoms with Gasteiger partial charge in [-0.2, -0.15) is 4.98 Å². The number of anilines is 2. The molecule has 1 N–H and O–H groups in total. The van der Waals surface area contributed by atoms with Gasteiger partial charge in [-0.1, -0.05) is 11.6 Å². The molecular formula is C15H18ClIN6O. The van der Waals surface area contributed by atoms with Crippen LogP contribution in [-0.2, 0) is 0 Å². The zero-order valence-electron chi connectivity index (χ0n) is 13.5. The number of hydrogen-bond acceptors (Lipinski definition) is 6. The van der Waals surface area contributed by atoms with Crippen LogP contribution in [0.1, 0.15) is 12.1 Å². The molecule has 4 rings (SSSR count). The standard InChI is InChI=1S/C15H18ClIN6O/c1-8-11(16)12-10-13(20-15(24)23(17)14(10)19-8)22-6-5-21(2)7-9(22)3-4-18-12/h9,18H,3-7H2,1-2H3. The molecule has 9 heteroatoms. The van der Waals surface area contributed by atoms with E-state index in [4.69, 9.17) is 11.6 Å². The quantitative estimate of drug-likeness (QED) is 0.606. The van der Waals surface area contributed by atoms with Gasteiger partial charge in [-0.15, -0.1) is 0 Å². The van der Waals surface area contributed by atoms with E-state index in [2.05, 4.69) is 32.1 Å². The third-order valence-corrected chi connectivity index (χ3v) is 6.13. The summed E-state index contributed by atoms with van der Waals surface area (Å²) in [5.74, 6) is 0.706. The van der Waals surface area contributed by atoms with E-state index in [0.29, 0.717) is 28.2 Å². The Balaban J connectivity index is 2.06. The van der Waals surface area contributed by atoms with Crippen LogP contribution >= 0.6 is 34.5 Å². The van der Waals surface area contributed by atoms with Crippen molar-refractivity contribution in [1.29, 1.82) is 0 Å². The Labute approximate surface area is 158 Å². The Hall–Kier alpha value is -1.13. The maximum atomic E-state index is 12.4. The van der Waals surface area contributed by atoms with Gasteiger partial charge in [-0.05, 0) is 20.4 Å². The topological polar surface area (TPSA) is 66.3 Å². The van der Waals surface area contributed by atoms with E-state index < -0.39 is 0 Å². The van der Waals surface area contributed by atoms with Crippen molar-refractivity contribution in [3.63, 3.8) is 0 Å². The summed E-state index contributed by atoms with van der Waals surface area (Å²) in [7, 11) is 2.13. The third kappa shape index (κ3) is 2.46. The molecule has 2 aliphatic rings. The lowest BCUT2D eigenvalue weighted by atomic mass is 10.1. The van der Waals surface area contributed by atoms with E-state index in [9.17, 15) is 4.79 Å². The van der Waals surface area contributed by atoms with Crippen molar-refractivity contribution in [2.75, 3.05) is 43.4 Å². The monoisotopic (exact) mass is 460 g/mol. The molecule has 1 atom stereocenters. The highest BCUT2D eigenvalue weighted by Crippen LogP contribution is 2.39. The number of fused-ring (bicyclic) bond motifs is 2. The summed E-state index contributed by atoms with van der Waals surface area (Å²) in [5.41, 5.74) is 1.87. The van der Waals surface area contributed by atoms with Crippen molar-refractivity contribution in [2.24, 2.45) is 0 Å². The second kappa shape index (κ2) is 5.99. The third-order valence-electron chi connectivity index (χ3n) is 4.80. The minimum absolute atomic E-state index is 0.295. The highest BCUT2D eigenvalue weighted by Gasteiger charge is 2.31. The fourth-order valence-electron chi connectivity index (χ4n) is 3.58. The van der Waals surface area contributed by atoms with E-state index in [1.165, 1.54) is 2.78 Å². The van der Waals surface area contributed by atoms with E-state index in [1.807, 2.05) is 29.8 Å². The van der Waals surface area contributed by atoms with Gasteiger partial charge in [0.1, 0.15) is 5.82 Å². The molecule has 2 aromatic rings. The van der Waals surface area contributed by atoms with E-state index in [0.717, 1.165) is 43.7 Å². The van der Waals surface area contributed by atoms with Crippen molar-refractivity contribution in [1.82, 2.24) is 17.6 Å². The van der Waals surface area contributed by atoms with Crippen molar-refractivity contribution in [3.05, 3.63) is 21.2 Å². The van der Waals surface area contributed by atoms with Crippen LogP contribution in [0.5, 0.6) is 0 Å².